The number of nitrogens with one attached hydrogen (secondary N) is 2. The Balaban J connectivity index is 2.55. The molecule has 0 radical (unpaired) electrons. The summed E-state index contributed by atoms with van der Waals surface area (Å²) in [5.74, 6) is -0.327. The minimum absolute atomic E-state index is 0.0896. The van der Waals surface area contributed by atoms with Gasteiger partial charge in [-0.1, -0.05) is 13.8 Å². The van der Waals surface area contributed by atoms with E-state index >= 15 is 0 Å². The van der Waals surface area contributed by atoms with Crippen LogP contribution in [-0.4, -0.2) is 34.4 Å². The van der Waals surface area contributed by atoms with Gasteiger partial charge in [0, 0.05) is 18.3 Å². The van der Waals surface area contributed by atoms with Gasteiger partial charge in [-0.15, -0.1) is 0 Å². The van der Waals surface area contributed by atoms with Crippen LogP contribution in [0, 0.1) is 5.92 Å². The van der Waals surface area contributed by atoms with E-state index in [1.165, 1.54) is 19.2 Å². The van der Waals surface area contributed by atoms with Crippen molar-refractivity contribution in [1.29, 1.82) is 0 Å². The lowest BCUT2D eigenvalue weighted by Gasteiger charge is -2.14. The number of aliphatic hydroxyl groups excluding tert-OH is 1. The molecule has 17 heavy (non-hydrogen) atoms. The van der Waals surface area contributed by atoms with Crippen molar-refractivity contribution in [2.24, 2.45) is 5.92 Å². The Bertz CT molecular complexity index is 410. The number of ketones is 1. The zero-order chi connectivity index (χ0) is 13.0. The minimum atomic E-state index is -0.568. The fourth-order valence-corrected chi connectivity index (χ4v) is 1.26. The topological polar surface area (TPSA) is 82.2 Å². The van der Waals surface area contributed by atoms with Crippen molar-refractivity contribution >= 4 is 11.7 Å². The summed E-state index contributed by atoms with van der Waals surface area (Å²) in [6, 6.07) is 1.50. The van der Waals surface area contributed by atoms with E-state index < -0.39 is 6.10 Å². The molecule has 0 aliphatic rings. The zero-order valence-corrected chi connectivity index (χ0v) is 10.3. The molecule has 1 heterocycles. The first-order chi connectivity index (χ1) is 7.91. The summed E-state index contributed by atoms with van der Waals surface area (Å²) in [6.45, 7) is 5.39. The lowest BCUT2D eigenvalue weighted by Crippen LogP contribution is -2.34. The highest BCUT2D eigenvalue weighted by atomic mass is 16.3. The Labute approximate surface area is 100 Å². The smallest absolute Gasteiger partial charge is 0.267 e. The second-order valence-electron chi connectivity index (χ2n) is 4.38. The Morgan fingerprint density at radius 3 is 2.59 bits per heavy atom. The number of hydrogen-bond acceptors (Lipinski definition) is 3. The average Bonchev–Trinajstić information content (AvgIpc) is 2.74. The SMILES string of the molecule is CC(=O)c1c[nH]c(C(=O)NCC(O)C(C)C)c1. The number of rotatable bonds is 5. The fourth-order valence-electron chi connectivity index (χ4n) is 1.26. The van der Waals surface area contributed by atoms with Gasteiger partial charge in [0.2, 0.25) is 0 Å². The number of aliphatic hydroxyl groups is 1. The van der Waals surface area contributed by atoms with E-state index in [4.69, 9.17) is 0 Å². The Morgan fingerprint density at radius 2 is 2.12 bits per heavy atom. The largest absolute Gasteiger partial charge is 0.391 e. The normalized spacial score (nSPS) is 12.5. The molecule has 0 aliphatic heterocycles. The Morgan fingerprint density at radius 1 is 1.47 bits per heavy atom. The highest BCUT2D eigenvalue weighted by Crippen LogP contribution is 2.05. The van der Waals surface area contributed by atoms with Crippen LogP contribution in [-0.2, 0) is 0 Å². The van der Waals surface area contributed by atoms with E-state index in [0.717, 1.165) is 0 Å². The summed E-state index contributed by atoms with van der Waals surface area (Å²) in [7, 11) is 0. The predicted octanol–water partition coefficient (Wildman–Crippen LogP) is 0.964. The van der Waals surface area contributed by atoms with Crippen molar-refractivity contribution in [1.82, 2.24) is 10.3 Å². The van der Waals surface area contributed by atoms with Crippen LogP contribution in [0.4, 0.5) is 0 Å². The molecule has 0 aromatic carbocycles. The van der Waals surface area contributed by atoms with E-state index in [-0.39, 0.29) is 24.2 Å². The molecule has 1 aromatic rings. The van der Waals surface area contributed by atoms with Crippen LogP contribution in [0.1, 0.15) is 41.6 Å². The second-order valence-corrected chi connectivity index (χ2v) is 4.38. The molecule has 1 aromatic heterocycles. The maximum atomic E-state index is 11.6. The van der Waals surface area contributed by atoms with E-state index in [1.807, 2.05) is 13.8 Å². The predicted molar refractivity (Wildman–Crippen MR) is 64.0 cm³/mol. The first-order valence-corrected chi connectivity index (χ1v) is 5.57. The molecule has 0 spiro atoms. The molecular weight excluding hydrogens is 220 g/mol. The highest BCUT2D eigenvalue weighted by Gasteiger charge is 2.13. The van der Waals surface area contributed by atoms with Crippen LogP contribution in [0.3, 0.4) is 0 Å². The standard InChI is InChI=1S/C12H18N2O3/c1-7(2)11(16)6-14-12(17)10-4-9(5-13-10)8(3)15/h4-5,7,11,13,16H,6H2,1-3H3,(H,14,17). The number of H-pyrrole nitrogens is 1. The van der Waals surface area contributed by atoms with Gasteiger partial charge < -0.3 is 15.4 Å². The number of aromatic amines is 1. The average molecular weight is 238 g/mol. The Kier molecular flexibility index (Phi) is 4.45. The molecule has 0 aliphatic carbocycles. The highest BCUT2D eigenvalue weighted by molar-refractivity contribution is 5.99. The van der Waals surface area contributed by atoms with E-state index in [0.29, 0.717) is 11.3 Å². The number of hydrogen-bond donors (Lipinski definition) is 3. The molecule has 1 unspecified atom stereocenters. The van der Waals surface area contributed by atoms with Crippen LogP contribution < -0.4 is 5.32 Å². The fraction of sp³-hybridized carbons (Fsp3) is 0.500. The number of Topliss-reactive ketones (excluding diaryl/α,β-unsaturated/α-hetero) is 1. The second kappa shape index (κ2) is 5.63. The van der Waals surface area contributed by atoms with Crippen LogP contribution in [0.15, 0.2) is 12.3 Å². The Hall–Kier alpha value is -1.62. The van der Waals surface area contributed by atoms with Gasteiger partial charge in [0.15, 0.2) is 5.78 Å². The number of aromatic nitrogens is 1. The third kappa shape index (κ3) is 3.71. The molecule has 1 amide bonds. The van der Waals surface area contributed by atoms with Gasteiger partial charge in [-0.25, -0.2) is 0 Å². The van der Waals surface area contributed by atoms with Gasteiger partial charge in [-0.3, -0.25) is 9.59 Å². The zero-order valence-electron chi connectivity index (χ0n) is 10.3. The molecule has 5 heteroatoms. The third-order valence-electron chi connectivity index (χ3n) is 2.58. The van der Waals surface area contributed by atoms with Crippen LogP contribution in [0.5, 0.6) is 0 Å². The van der Waals surface area contributed by atoms with Crippen molar-refractivity contribution in [3.63, 3.8) is 0 Å². The molecule has 3 N–H and O–H groups in total. The summed E-state index contributed by atoms with van der Waals surface area (Å²) in [5.41, 5.74) is 0.797. The van der Waals surface area contributed by atoms with E-state index in [2.05, 4.69) is 10.3 Å². The maximum absolute atomic E-state index is 11.6. The van der Waals surface area contributed by atoms with Crippen LogP contribution >= 0.6 is 0 Å². The van der Waals surface area contributed by atoms with E-state index in [9.17, 15) is 14.7 Å². The molecule has 94 valence electrons. The van der Waals surface area contributed by atoms with Crippen molar-refractivity contribution in [2.45, 2.75) is 26.9 Å². The van der Waals surface area contributed by atoms with E-state index in [1.54, 1.807) is 0 Å². The number of carbonyl (C=O) groups excluding carboxylic acids is 2. The first kappa shape index (κ1) is 13.4. The minimum Gasteiger partial charge on any atom is -0.391 e. The van der Waals surface area contributed by atoms with Gasteiger partial charge in [-0.2, -0.15) is 0 Å². The molecule has 0 fully saturated rings. The summed E-state index contributed by atoms with van der Waals surface area (Å²) in [5, 5.41) is 12.1. The lowest BCUT2D eigenvalue weighted by atomic mass is 10.1. The van der Waals surface area contributed by atoms with Gasteiger partial charge in [-0.05, 0) is 18.9 Å². The summed E-state index contributed by atoms with van der Waals surface area (Å²) >= 11 is 0. The van der Waals surface area contributed by atoms with Gasteiger partial charge in [0.05, 0.1) is 6.10 Å². The van der Waals surface area contributed by atoms with Gasteiger partial charge in [0.25, 0.3) is 5.91 Å². The van der Waals surface area contributed by atoms with Gasteiger partial charge >= 0.3 is 0 Å². The number of amides is 1. The third-order valence-corrected chi connectivity index (χ3v) is 2.58. The number of carbonyl (C=O) groups is 2. The quantitative estimate of drug-likeness (QED) is 0.668. The molecule has 0 bridgehead atoms. The van der Waals surface area contributed by atoms with Gasteiger partial charge in [0.1, 0.15) is 5.69 Å². The summed E-state index contributed by atoms with van der Waals surface area (Å²) in [6.07, 6.45) is 0.928. The van der Waals surface area contributed by atoms with Crippen molar-refractivity contribution in [2.75, 3.05) is 6.54 Å². The van der Waals surface area contributed by atoms with Crippen LogP contribution in [0.25, 0.3) is 0 Å². The lowest BCUT2D eigenvalue weighted by molar-refractivity contribution is 0.0867. The monoisotopic (exact) mass is 238 g/mol. The molecule has 1 atom stereocenters. The van der Waals surface area contributed by atoms with Crippen molar-refractivity contribution in [3.8, 4) is 0 Å². The molecule has 0 saturated carbocycles. The molecule has 0 saturated heterocycles. The molecule has 1 rings (SSSR count). The van der Waals surface area contributed by atoms with Crippen LogP contribution in [0.2, 0.25) is 0 Å². The summed E-state index contributed by atoms with van der Waals surface area (Å²) in [4.78, 5) is 25.4. The first-order valence-electron chi connectivity index (χ1n) is 5.57. The maximum Gasteiger partial charge on any atom is 0.267 e. The molecular formula is C12H18N2O3. The van der Waals surface area contributed by atoms with Crippen molar-refractivity contribution < 1.29 is 14.7 Å². The molecule has 5 nitrogen and oxygen atoms in total. The summed E-state index contributed by atoms with van der Waals surface area (Å²) < 4.78 is 0. The van der Waals surface area contributed by atoms with Crippen molar-refractivity contribution in [3.05, 3.63) is 23.5 Å².